The summed E-state index contributed by atoms with van der Waals surface area (Å²) in [5.41, 5.74) is 6.41. The third-order valence-electron chi connectivity index (χ3n) is 2.74. The zero-order valence-electron chi connectivity index (χ0n) is 8.89. The van der Waals surface area contributed by atoms with Gasteiger partial charge >= 0.3 is 0 Å². The highest BCUT2D eigenvalue weighted by Crippen LogP contribution is 2.21. The van der Waals surface area contributed by atoms with Crippen LogP contribution < -0.4 is 5.73 Å². The molecule has 0 saturated heterocycles. The molecule has 12 heavy (non-hydrogen) atoms. The van der Waals surface area contributed by atoms with Gasteiger partial charge in [-0.3, -0.25) is 0 Å². The van der Waals surface area contributed by atoms with E-state index in [2.05, 4.69) is 27.7 Å². The Hall–Kier alpha value is 0.137. The predicted molar refractivity (Wildman–Crippen MR) is 56.6 cm³/mol. The van der Waals surface area contributed by atoms with Crippen molar-refractivity contribution < 1.29 is 4.43 Å². The van der Waals surface area contributed by atoms with E-state index in [-0.39, 0.29) is 0 Å². The summed E-state index contributed by atoms with van der Waals surface area (Å²) < 4.78 is 5.89. The fourth-order valence-electron chi connectivity index (χ4n) is 1.75. The van der Waals surface area contributed by atoms with Crippen LogP contribution in [-0.2, 0) is 4.43 Å². The molecule has 0 aromatic rings. The molecule has 0 aromatic heterocycles. The monoisotopic (exact) mass is 189 g/mol. The lowest BCUT2D eigenvalue weighted by Crippen LogP contribution is -2.54. The van der Waals surface area contributed by atoms with E-state index in [0.717, 1.165) is 25.1 Å². The molecule has 0 aliphatic rings. The van der Waals surface area contributed by atoms with Crippen molar-refractivity contribution >= 4 is 8.32 Å². The standard InChI is InChI=1S/C9H23NOSi/c1-5-9(10)12(7-3,8-4)11-6-2/h9H,5-8,10H2,1-4H3. The Bertz CT molecular complexity index is 115. The number of nitrogens with two attached hydrogens (primary N) is 1. The van der Waals surface area contributed by atoms with Crippen LogP contribution in [0, 0.1) is 0 Å². The second-order valence-corrected chi connectivity index (χ2v) is 7.79. The SMILES string of the molecule is CCO[Si](CC)(CC)C(N)CC. The van der Waals surface area contributed by atoms with E-state index in [0.29, 0.717) is 5.67 Å². The molecule has 0 aliphatic heterocycles. The van der Waals surface area contributed by atoms with Crippen LogP contribution in [0.3, 0.4) is 0 Å². The topological polar surface area (TPSA) is 35.2 Å². The Balaban J connectivity index is 4.33. The fourth-order valence-corrected chi connectivity index (χ4v) is 5.24. The van der Waals surface area contributed by atoms with Crippen LogP contribution in [0.2, 0.25) is 12.1 Å². The van der Waals surface area contributed by atoms with Crippen molar-refractivity contribution in [2.24, 2.45) is 5.73 Å². The summed E-state index contributed by atoms with van der Waals surface area (Å²) in [4.78, 5) is 0. The minimum Gasteiger partial charge on any atom is -0.416 e. The minimum atomic E-state index is -1.57. The van der Waals surface area contributed by atoms with Gasteiger partial charge in [-0.1, -0.05) is 20.8 Å². The Morgan fingerprint density at radius 2 is 1.67 bits per heavy atom. The van der Waals surface area contributed by atoms with Gasteiger partial charge in [0, 0.05) is 12.3 Å². The van der Waals surface area contributed by atoms with Crippen molar-refractivity contribution in [3.05, 3.63) is 0 Å². The molecular formula is C9H23NOSi. The summed E-state index contributed by atoms with van der Waals surface area (Å²) in [7, 11) is -1.57. The van der Waals surface area contributed by atoms with Crippen molar-refractivity contribution in [3.8, 4) is 0 Å². The highest BCUT2D eigenvalue weighted by molar-refractivity contribution is 6.75. The normalized spacial score (nSPS) is 14.8. The lowest BCUT2D eigenvalue weighted by Gasteiger charge is -2.33. The zero-order chi connectivity index (χ0) is 9.61. The third kappa shape index (κ3) is 2.57. The fraction of sp³-hybridized carbons (Fsp3) is 1.00. The molecule has 0 aromatic carbocycles. The number of hydrogen-bond donors (Lipinski definition) is 1. The largest absolute Gasteiger partial charge is 0.416 e. The Morgan fingerprint density at radius 3 is 1.92 bits per heavy atom. The van der Waals surface area contributed by atoms with Gasteiger partial charge in [0.15, 0.2) is 0 Å². The first kappa shape index (κ1) is 12.1. The van der Waals surface area contributed by atoms with Crippen molar-refractivity contribution in [1.29, 1.82) is 0 Å². The maximum absolute atomic E-state index is 6.10. The molecule has 0 rings (SSSR count). The smallest absolute Gasteiger partial charge is 0.208 e. The molecule has 0 saturated carbocycles. The van der Waals surface area contributed by atoms with E-state index in [9.17, 15) is 0 Å². The minimum absolute atomic E-state index is 0.312. The first-order chi connectivity index (χ1) is 5.66. The summed E-state index contributed by atoms with van der Waals surface area (Å²) >= 11 is 0. The van der Waals surface area contributed by atoms with Gasteiger partial charge in [0.2, 0.25) is 8.32 Å². The van der Waals surface area contributed by atoms with E-state index in [1.165, 1.54) is 0 Å². The summed E-state index contributed by atoms with van der Waals surface area (Å²) in [6, 6.07) is 2.29. The van der Waals surface area contributed by atoms with E-state index in [1.54, 1.807) is 0 Å². The summed E-state index contributed by atoms with van der Waals surface area (Å²) in [6.45, 7) is 9.45. The van der Waals surface area contributed by atoms with Gasteiger partial charge in [-0.15, -0.1) is 0 Å². The maximum Gasteiger partial charge on any atom is 0.208 e. The van der Waals surface area contributed by atoms with Gasteiger partial charge in [0.05, 0.1) is 0 Å². The number of rotatable bonds is 6. The molecule has 1 atom stereocenters. The van der Waals surface area contributed by atoms with Crippen LogP contribution in [0.1, 0.15) is 34.1 Å². The van der Waals surface area contributed by atoms with Crippen molar-refractivity contribution in [2.45, 2.75) is 51.9 Å². The molecule has 0 bridgehead atoms. The maximum atomic E-state index is 6.10. The van der Waals surface area contributed by atoms with Crippen LogP contribution >= 0.6 is 0 Å². The first-order valence-electron chi connectivity index (χ1n) is 5.06. The number of hydrogen-bond acceptors (Lipinski definition) is 2. The van der Waals surface area contributed by atoms with E-state index in [1.807, 2.05) is 0 Å². The van der Waals surface area contributed by atoms with Gasteiger partial charge in [0.1, 0.15) is 0 Å². The zero-order valence-corrected chi connectivity index (χ0v) is 9.89. The first-order valence-corrected chi connectivity index (χ1v) is 7.46. The lowest BCUT2D eigenvalue weighted by molar-refractivity contribution is 0.310. The van der Waals surface area contributed by atoms with Gasteiger partial charge in [0.25, 0.3) is 0 Å². The van der Waals surface area contributed by atoms with E-state index < -0.39 is 8.32 Å². The average Bonchev–Trinajstić information content (AvgIpc) is 2.13. The van der Waals surface area contributed by atoms with Gasteiger partial charge in [-0.2, -0.15) is 0 Å². The summed E-state index contributed by atoms with van der Waals surface area (Å²) in [5, 5.41) is 0. The van der Waals surface area contributed by atoms with E-state index in [4.69, 9.17) is 10.2 Å². The molecule has 0 radical (unpaired) electrons. The molecular weight excluding hydrogens is 166 g/mol. The quantitative estimate of drug-likeness (QED) is 0.651. The Kier molecular flexibility index (Phi) is 5.79. The molecule has 2 nitrogen and oxygen atoms in total. The highest BCUT2D eigenvalue weighted by atomic mass is 28.4. The van der Waals surface area contributed by atoms with Gasteiger partial charge in [-0.25, -0.2) is 0 Å². The van der Waals surface area contributed by atoms with Crippen LogP contribution in [0.4, 0.5) is 0 Å². The summed E-state index contributed by atoms with van der Waals surface area (Å²) in [6.07, 6.45) is 1.05. The average molecular weight is 189 g/mol. The molecule has 2 N–H and O–H groups in total. The van der Waals surface area contributed by atoms with Gasteiger partial charge in [-0.05, 0) is 25.4 Å². The van der Waals surface area contributed by atoms with Crippen LogP contribution in [0.25, 0.3) is 0 Å². The second-order valence-electron chi connectivity index (χ2n) is 3.22. The lowest BCUT2D eigenvalue weighted by atomic mass is 10.5. The molecule has 0 fully saturated rings. The molecule has 0 heterocycles. The second kappa shape index (κ2) is 5.73. The predicted octanol–water partition coefficient (Wildman–Crippen LogP) is 2.28. The van der Waals surface area contributed by atoms with Crippen LogP contribution in [-0.4, -0.2) is 20.6 Å². The van der Waals surface area contributed by atoms with Crippen molar-refractivity contribution in [3.63, 3.8) is 0 Å². The van der Waals surface area contributed by atoms with Gasteiger partial charge < -0.3 is 10.2 Å². The molecule has 3 heteroatoms. The molecule has 74 valence electrons. The Morgan fingerprint density at radius 1 is 1.17 bits per heavy atom. The summed E-state index contributed by atoms with van der Waals surface area (Å²) in [5.74, 6) is 0. The van der Waals surface area contributed by atoms with Crippen LogP contribution in [0.15, 0.2) is 0 Å². The molecule has 0 aliphatic carbocycles. The highest BCUT2D eigenvalue weighted by Gasteiger charge is 2.36. The Labute approximate surface area is 77.6 Å². The van der Waals surface area contributed by atoms with E-state index >= 15 is 0 Å². The molecule has 1 unspecified atom stereocenters. The van der Waals surface area contributed by atoms with Crippen molar-refractivity contribution in [1.82, 2.24) is 0 Å². The molecule has 0 amide bonds. The molecule has 0 spiro atoms. The third-order valence-corrected chi connectivity index (χ3v) is 7.76. The van der Waals surface area contributed by atoms with Crippen molar-refractivity contribution in [2.75, 3.05) is 6.61 Å². The van der Waals surface area contributed by atoms with Crippen LogP contribution in [0.5, 0.6) is 0 Å².